The first kappa shape index (κ1) is 35.6. The van der Waals surface area contributed by atoms with Crippen molar-refractivity contribution in [2.75, 3.05) is 40.3 Å². The van der Waals surface area contributed by atoms with Crippen molar-refractivity contribution in [1.29, 1.82) is 0 Å². The van der Waals surface area contributed by atoms with Crippen molar-refractivity contribution in [1.82, 2.24) is 9.80 Å². The summed E-state index contributed by atoms with van der Waals surface area (Å²) in [6, 6.07) is 29.1. The van der Waals surface area contributed by atoms with E-state index in [1.54, 1.807) is 13.1 Å². The Kier molecular flexibility index (Phi) is 14.3. The lowest BCUT2D eigenvalue weighted by Gasteiger charge is -2.18. The van der Waals surface area contributed by atoms with Crippen molar-refractivity contribution in [3.63, 3.8) is 0 Å². The van der Waals surface area contributed by atoms with Gasteiger partial charge in [-0.2, -0.15) is 0 Å². The molecule has 0 N–H and O–H groups in total. The zero-order chi connectivity index (χ0) is 32.7. The van der Waals surface area contributed by atoms with Crippen molar-refractivity contribution in [3.8, 4) is 5.75 Å². The highest BCUT2D eigenvalue weighted by Gasteiger charge is 2.39. The molecular weight excluding hydrogens is 580 g/mol. The third-order valence-corrected chi connectivity index (χ3v) is 7.60. The number of rotatable bonds is 18. The summed E-state index contributed by atoms with van der Waals surface area (Å²) >= 11 is 0. The maximum atomic E-state index is 13.0. The van der Waals surface area contributed by atoms with Crippen molar-refractivity contribution < 1.29 is 27.1 Å². The Bertz CT molecular complexity index is 1360. The number of allylic oxidation sites excluding steroid dienone is 1. The molecule has 0 bridgehead atoms. The Hall–Kier alpha value is -3.91. The lowest BCUT2D eigenvalue weighted by molar-refractivity contribution is -0.133. The van der Waals surface area contributed by atoms with E-state index >= 15 is 0 Å². The van der Waals surface area contributed by atoms with Crippen LogP contribution in [0.5, 0.6) is 5.75 Å². The molecule has 0 saturated carbocycles. The number of carbonyl (C=O) groups is 1. The second kappa shape index (κ2) is 18.2. The van der Waals surface area contributed by atoms with Crippen LogP contribution in [0.1, 0.15) is 55.7 Å². The lowest BCUT2D eigenvalue weighted by atomic mass is 9.88. The number of amides is 1. The number of nitrogens with zero attached hydrogens (tertiary/aromatic N) is 2. The van der Waals surface area contributed by atoms with Crippen LogP contribution in [-0.2, 0) is 4.79 Å². The van der Waals surface area contributed by atoms with Gasteiger partial charge in [0.15, 0.2) is 0 Å². The van der Waals surface area contributed by atoms with Gasteiger partial charge in [-0.25, -0.2) is 17.6 Å². The highest BCUT2D eigenvalue weighted by molar-refractivity contribution is 5.98. The predicted molar refractivity (Wildman–Crippen MR) is 175 cm³/mol. The van der Waals surface area contributed by atoms with E-state index in [0.717, 1.165) is 17.7 Å². The zero-order valence-corrected chi connectivity index (χ0v) is 26.4. The minimum atomic E-state index is -3.95. The van der Waals surface area contributed by atoms with E-state index in [4.69, 9.17) is 4.74 Å². The molecule has 0 aromatic heterocycles. The first-order valence-corrected chi connectivity index (χ1v) is 15.5. The topological polar surface area (TPSA) is 32.8 Å². The molecule has 0 saturated heterocycles. The number of hydrogen-bond donors (Lipinski definition) is 0. The average molecular weight is 625 g/mol. The number of hydrogen-bond acceptors (Lipinski definition) is 3. The summed E-state index contributed by atoms with van der Waals surface area (Å²) in [6.45, 7) is 4.24. The normalized spacial score (nSPS) is 12.6. The van der Waals surface area contributed by atoms with Gasteiger partial charge < -0.3 is 9.64 Å². The molecule has 0 radical (unpaired) electrons. The van der Waals surface area contributed by atoms with Crippen LogP contribution in [0.3, 0.4) is 0 Å². The molecule has 3 aromatic carbocycles. The minimum absolute atomic E-state index is 0.00790. The van der Waals surface area contributed by atoms with Crippen LogP contribution in [-0.4, -0.2) is 68.4 Å². The fourth-order valence-corrected chi connectivity index (χ4v) is 4.98. The van der Waals surface area contributed by atoms with Crippen LogP contribution in [0, 0.1) is 0 Å². The molecule has 45 heavy (non-hydrogen) atoms. The van der Waals surface area contributed by atoms with Crippen molar-refractivity contribution in [2.45, 2.75) is 51.4 Å². The number of carbonyl (C=O) groups excluding carboxylic acids is 1. The molecule has 0 atom stereocenters. The third-order valence-electron chi connectivity index (χ3n) is 7.60. The summed E-state index contributed by atoms with van der Waals surface area (Å²) in [6.07, 6.45) is 0.489. The van der Waals surface area contributed by atoms with Gasteiger partial charge in [0.1, 0.15) is 12.4 Å². The van der Waals surface area contributed by atoms with Gasteiger partial charge in [0.05, 0.1) is 0 Å². The highest BCUT2D eigenvalue weighted by atomic mass is 19.3. The summed E-state index contributed by atoms with van der Waals surface area (Å²) in [7, 11) is 3.57. The number of ether oxygens (including phenoxy) is 1. The maximum absolute atomic E-state index is 13.0. The summed E-state index contributed by atoms with van der Waals surface area (Å²) in [5.41, 5.74) is 5.99. The second-order valence-electron chi connectivity index (χ2n) is 11.1. The van der Waals surface area contributed by atoms with Gasteiger partial charge in [-0.1, -0.05) is 92.2 Å². The fourth-order valence-electron chi connectivity index (χ4n) is 4.98. The largest absolute Gasteiger partial charge is 0.492 e. The molecule has 0 aliphatic heterocycles. The number of unbranched alkanes of at least 4 members (excludes halogenated alkanes) is 2. The van der Waals surface area contributed by atoms with Crippen molar-refractivity contribution in [3.05, 3.63) is 114 Å². The van der Waals surface area contributed by atoms with Crippen molar-refractivity contribution >= 4 is 17.1 Å². The Morgan fingerprint density at radius 1 is 0.822 bits per heavy atom. The van der Waals surface area contributed by atoms with Crippen LogP contribution in [0.15, 0.2) is 97.1 Å². The molecule has 0 spiro atoms. The van der Waals surface area contributed by atoms with E-state index in [-0.39, 0.29) is 12.3 Å². The van der Waals surface area contributed by atoms with Crippen LogP contribution >= 0.6 is 0 Å². The lowest BCUT2D eigenvalue weighted by Crippen LogP contribution is -2.28. The van der Waals surface area contributed by atoms with Crippen molar-refractivity contribution in [2.24, 2.45) is 0 Å². The molecular formula is C37H44F4N2O2. The number of halogens is 4. The Balaban J connectivity index is 1.46. The van der Waals surface area contributed by atoms with Gasteiger partial charge in [0, 0.05) is 39.2 Å². The quantitative estimate of drug-likeness (QED) is 0.0614. The van der Waals surface area contributed by atoms with E-state index in [9.17, 15) is 22.4 Å². The monoisotopic (exact) mass is 624 g/mol. The molecule has 3 rings (SSSR count). The Labute approximate surface area is 265 Å². The number of benzene rings is 3. The van der Waals surface area contributed by atoms with Gasteiger partial charge in [-0.3, -0.25) is 9.69 Å². The molecule has 0 aliphatic rings. The summed E-state index contributed by atoms with van der Waals surface area (Å²) in [4.78, 5) is 15.8. The molecule has 242 valence electrons. The third kappa shape index (κ3) is 11.5. The number of alkyl halides is 4. The standard InChI is InChI=1S/C37H44F4N2O2/c1-4-33(29-15-8-5-9-16-29)35(30-17-10-6-11-18-30)31-20-22-32(23-21-31)45-28-27-42(2)25-14-19-34(44)43(3)26-13-7-12-24-37(40,41)36(38)39/h5-6,8-11,14-23,36H,4,7,12-13,24-28H2,1-3H3/b19-14+,35-33-. The minimum Gasteiger partial charge on any atom is -0.492 e. The summed E-state index contributed by atoms with van der Waals surface area (Å²) < 4.78 is 56.4. The molecule has 0 heterocycles. The van der Waals surface area contributed by atoms with E-state index < -0.39 is 18.8 Å². The number of likely N-dealkylation sites (N-methyl/N-ethyl adjacent to an activating group) is 2. The highest BCUT2D eigenvalue weighted by Crippen LogP contribution is 2.35. The molecule has 0 aliphatic carbocycles. The molecule has 8 heteroatoms. The van der Waals surface area contributed by atoms with Gasteiger partial charge in [0.2, 0.25) is 5.91 Å². The van der Waals surface area contributed by atoms with Crippen LogP contribution in [0.2, 0.25) is 0 Å². The SMILES string of the molecule is CC/C(=C(\c1ccccc1)c1ccc(OCCN(C)C/C=C/C(=O)N(C)CCCCCC(F)(F)C(F)F)cc1)c1ccccc1. The van der Waals surface area contributed by atoms with Gasteiger partial charge in [-0.05, 0) is 66.3 Å². The molecule has 1 amide bonds. The Morgan fingerprint density at radius 3 is 2.02 bits per heavy atom. The first-order chi connectivity index (χ1) is 21.6. The van der Waals surface area contributed by atoms with E-state index in [1.807, 2.05) is 36.2 Å². The van der Waals surface area contributed by atoms with E-state index in [0.29, 0.717) is 39.1 Å². The van der Waals surface area contributed by atoms with E-state index in [2.05, 4.69) is 67.6 Å². The van der Waals surface area contributed by atoms with Crippen LogP contribution in [0.4, 0.5) is 17.6 Å². The van der Waals surface area contributed by atoms with Gasteiger partial charge in [0.25, 0.3) is 0 Å². The average Bonchev–Trinajstić information content (AvgIpc) is 3.04. The summed E-state index contributed by atoms with van der Waals surface area (Å²) in [5.74, 6) is -3.36. The molecule has 4 nitrogen and oxygen atoms in total. The van der Waals surface area contributed by atoms with Gasteiger partial charge in [-0.15, -0.1) is 0 Å². The fraction of sp³-hybridized carbons (Fsp3) is 0.378. The van der Waals surface area contributed by atoms with Crippen LogP contribution < -0.4 is 4.74 Å². The maximum Gasteiger partial charge on any atom is 0.307 e. The van der Waals surface area contributed by atoms with E-state index in [1.165, 1.54) is 33.2 Å². The Morgan fingerprint density at radius 2 is 1.42 bits per heavy atom. The molecule has 0 unspecified atom stereocenters. The van der Waals surface area contributed by atoms with Crippen LogP contribution in [0.25, 0.3) is 11.1 Å². The molecule has 3 aromatic rings. The van der Waals surface area contributed by atoms with Gasteiger partial charge >= 0.3 is 12.3 Å². The summed E-state index contributed by atoms with van der Waals surface area (Å²) in [5, 5.41) is 0. The smallest absolute Gasteiger partial charge is 0.307 e. The predicted octanol–water partition coefficient (Wildman–Crippen LogP) is 8.84. The first-order valence-electron chi connectivity index (χ1n) is 15.5. The second-order valence-corrected chi connectivity index (χ2v) is 11.1. The zero-order valence-electron chi connectivity index (χ0n) is 26.4. The molecule has 0 fully saturated rings.